The van der Waals surface area contributed by atoms with Crippen molar-refractivity contribution < 1.29 is 18.3 Å². The first-order chi connectivity index (χ1) is 18.9. The molecule has 4 rings (SSSR count). The topological polar surface area (TPSA) is 93.3 Å². The smallest absolute Gasteiger partial charge is 0.403 e. The van der Waals surface area contributed by atoms with Crippen LogP contribution in [0.3, 0.4) is 0 Å². The number of aliphatic hydroxyl groups is 1. The molecule has 0 aliphatic carbocycles. The van der Waals surface area contributed by atoms with E-state index in [9.17, 15) is 18.3 Å². The van der Waals surface area contributed by atoms with E-state index >= 15 is 0 Å². The molecule has 0 aliphatic rings. The molecular weight excluding hydrogens is 606 g/mol. The number of aromatic nitrogens is 2. The number of anilines is 1. The Morgan fingerprint density at radius 1 is 1.07 bits per heavy atom. The number of alkyl halides is 3. The number of nitrogens with two attached hydrogens (primary N) is 2. The molecule has 0 aliphatic heterocycles. The monoisotopic (exact) mass is 627 g/mol. The van der Waals surface area contributed by atoms with E-state index < -0.39 is 11.9 Å². The van der Waals surface area contributed by atoms with Crippen molar-refractivity contribution >= 4 is 57.9 Å². The number of aliphatic hydroxyl groups excluding tert-OH is 1. The number of nitrogens with zero attached hydrogens (tertiary/aromatic N) is 3. The van der Waals surface area contributed by atoms with Crippen LogP contribution in [-0.2, 0) is 12.8 Å². The Morgan fingerprint density at radius 2 is 1.80 bits per heavy atom. The standard InChI is InChI=1S/C27H23Cl3F3N5OS/c1-14-36-26(27(31,32)33)12-37(14)22-6-3-15(16-7-20(29)19(13-39)25(9-16)40-2)8-23(22)38(35)24(11-34)18-5-4-17(28)10-21(18)30/h3-12,39H,13,34-35H2,1-2H3/b24-11-. The summed E-state index contributed by atoms with van der Waals surface area (Å²) in [7, 11) is 0. The van der Waals surface area contributed by atoms with Crippen molar-refractivity contribution in [2.24, 2.45) is 11.6 Å². The highest BCUT2D eigenvalue weighted by Gasteiger charge is 2.35. The van der Waals surface area contributed by atoms with Crippen LogP contribution in [0.1, 0.15) is 22.6 Å². The molecule has 0 fully saturated rings. The SMILES string of the molecule is CSc1cc(-c2ccc(-n3cc(C(F)(F)F)nc3C)c(N(N)/C(=C\N)c3ccc(Cl)cc3Cl)c2)cc(Cl)c1CO. The van der Waals surface area contributed by atoms with E-state index in [-0.39, 0.29) is 23.2 Å². The predicted molar refractivity (Wildman–Crippen MR) is 157 cm³/mol. The zero-order valence-electron chi connectivity index (χ0n) is 21.1. The molecule has 3 aromatic carbocycles. The normalized spacial score (nSPS) is 12.2. The van der Waals surface area contributed by atoms with Crippen LogP contribution >= 0.6 is 46.6 Å². The van der Waals surface area contributed by atoms with Crippen molar-refractivity contribution in [2.45, 2.75) is 24.6 Å². The number of benzene rings is 3. The first-order valence-electron chi connectivity index (χ1n) is 11.6. The lowest BCUT2D eigenvalue weighted by molar-refractivity contribution is -0.141. The second-order valence-corrected chi connectivity index (χ2v) is 10.7. The maximum atomic E-state index is 13.5. The van der Waals surface area contributed by atoms with Gasteiger partial charge in [0, 0.05) is 38.5 Å². The number of aryl methyl sites for hydroxylation is 1. The minimum atomic E-state index is -4.64. The summed E-state index contributed by atoms with van der Waals surface area (Å²) in [5.74, 6) is 6.72. The van der Waals surface area contributed by atoms with Gasteiger partial charge in [0.15, 0.2) is 5.69 Å². The second-order valence-electron chi connectivity index (χ2n) is 8.59. The molecule has 0 atom stereocenters. The van der Waals surface area contributed by atoms with Crippen LogP contribution in [0, 0.1) is 6.92 Å². The van der Waals surface area contributed by atoms with E-state index in [0.717, 1.165) is 11.1 Å². The molecule has 210 valence electrons. The quantitative estimate of drug-likeness (QED) is 0.110. The number of halogens is 6. The van der Waals surface area contributed by atoms with Crippen molar-refractivity contribution in [3.05, 3.63) is 98.6 Å². The number of rotatable bonds is 7. The summed E-state index contributed by atoms with van der Waals surface area (Å²) in [6.07, 6.45) is -0.635. The molecule has 4 aromatic rings. The molecule has 0 bridgehead atoms. The van der Waals surface area contributed by atoms with E-state index in [4.69, 9.17) is 46.4 Å². The van der Waals surface area contributed by atoms with Gasteiger partial charge in [-0.3, -0.25) is 5.01 Å². The van der Waals surface area contributed by atoms with Crippen LogP contribution < -0.4 is 16.6 Å². The molecule has 5 N–H and O–H groups in total. The van der Waals surface area contributed by atoms with Crippen LogP contribution in [-0.4, -0.2) is 20.9 Å². The van der Waals surface area contributed by atoms with Gasteiger partial charge in [-0.05, 0) is 66.8 Å². The molecular formula is C27H23Cl3F3N5OS. The number of hydrogen-bond acceptors (Lipinski definition) is 6. The summed E-state index contributed by atoms with van der Waals surface area (Å²) >= 11 is 20.4. The number of thioether (sulfide) groups is 1. The lowest BCUT2D eigenvalue weighted by atomic mass is 10.0. The first-order valence-corrected chi connectivity index (χ1v) is 13.9. The first kappa shape index (κ1) is 30.1. The minimum Gasteiger partial charge on any atom is -0.403 e. The van der Waals surface area contributed by atoms with Crippen molar-refractivity contribution in [1.82, 2.24) is 9.55 Å². The Bertz CT molecular complexity index is 1610. The third-order valence-corrected chi connectivity index (χ3v) is 7.85. The summed E-state index contributed by atoms with van der Waals surface area (Å²) in [6, 6.07) is 13.4. The third kappa shape index (κ3) is 5.93. The summed E-state index contributed by atoms with van der Waals surface area (Å²) in [5, 5.41) is 12.0. The molecule has 6 nitrogen and oxygen atoms in total. The van der Waals surface area contributed by atoms with Gasteiger partial charge in [0.25, 0.3) is 0 Å². The maximum Gasteiger partial charge on any atom is 0.434 e. The summed E-state index contributed by atoms with van der Waals surface area (Å²) in [5.41, 5.74) is 8.21. The highest BCUT2D eigenvalue weighted by atomic mass is 35.5. The van der Waals surface area contributed by atoms with E-state index in [1.165, 1.54) is 40.5 Å². The van der Waals surface area contributed by atoms with Crippen molar-refractivity contribution in [2.75, 3.05) is 11.3 Å². The lowest BCUT2D eigenvalue weighted by Gasteiger charge is -2.26. The Morgan fingerprint density at radius 3 is 2.38 bits per heavy atom. The predicted octanol–water partition coefficient (Wildman–Crippen LogP) is 7.68. The molecule has 1 heterocycles. The highest BCUT2D eigenvalue weighted by Crippen LogP contribution is 2.39. The van der Waals surface area contributed by atoms with Crippen LogP contribution in [0.25, 0.3) is 22.5 Å². The van der Waals surface area contributed by atoms with Gasteiger partial charge in [-0.15, -0.1) is 11.8 Å². The maximum absolute atomic E-state index is 13.5. The van der Waals surface area contributed by atoms with E-state index in [1.54, 1.807) is 36.4 Å². The molecule has 0 radical (unpaired) electrons. The largest absolute Gasteiger partial charge is 0.434 e. The Balaban J connectivity index is 1.95. The van der Waals surface area contributed by atoms with Gasteiger partial charge < -0.3 is 15.4 Å². The zero-order chi connectivity index (χ0) is 29.4. The van der Waals surface area contributed by atoms with E-state index in [1.807, 2.05) is 12.3 Å². The fraction of sp³-hybridized carbons (Fsp3) is 0.148. The molecule has 13 heteroatoms. The molecule has 0 saturated heterocycles. The van der Waals surface area contributed by atoms with Crippen LogP contribution in [0.15, 0.2) is 65.8 Å². The summed E-state index contributed by atoms with van der Waals surface area (Å²) in [4.78, 5) is 4.47. The lowest BCUT2D eigenvalue weighted by Crippen LogP contribution is -2.31. The molecule has 0 unspecified atom stereocenters. The zero-order valence-corrected chi connectivity index (χ0v) is 24.2. The number of hydrazine groups is 1. The fourth-order valence-electron chi connectivity index (χ4n) is 4.19. The Labute approximate surface area is 247 Å². The third-order valence-electron chi connectivity index (χ3n) is 6.16. The summed E-state index contributed by atoms with van der Waals surface area (Å²) < 4.78 is 41.8. The molecule has 0 amide bonds. The van der Waals surface area contributed by atoms with Crippen LogP contribution in [0.5, 0.6) is 0 Å². The average molecular weight is 629 g/mol. The van der Waals surface area contributed by atoms with Crippen molar-refractivity contribution in [3.63, 3.8) is 0 Å². The number of imidazole rings is 1. The van der Waals surface area contributed by atoms with Gasteiger partial charge in [-0.25, -0.2) is 10.8 Å². The summed E-state index contributed by atoms with van der Waals surface area (Å²) in [6.45, 7) is 1.23. The van der Waals surface area contributed by atoms with Gasteiger partial charge in [0.05, 0.1) is 28.7 Å². The highest BCUT2D eigenvalue weighted by molar-refractivity contribution is 7.98. The van der Waals surface area contributed by atoms with Crippen LogP contribution in [0.4, 0.5) is 18.9 Å². The second kappa shape index (κ2) is 11.9. The Kier molecular flexibility index (Phi) is 8.99. The van der Waals surface area contributed by atoms with E-state index in [0.29, 0.717) is 43.7 Å². The molecule has 0 saturated carbocycles. The van der Waals surface area contributed by atoms with Gasteiger partial charge in [0.1, 0.15) is 5.82 Å². The van der Waals surface area contributed by atoms with Crippen molar-refractivity contribution in [3.8, 4) is 16.8 Å². The van der Waals surface area contributed by atoms with Gasteiger partial charge in [-0.2, -0.15) is 13.2 Å². The molecule has 1 aromatic heterocycles. The van der Waals surface area contributed by atoms with E-state index in [2.05, 4.69) is 4.98 Å². The van der Waals surface area contributed by atoms with Gasteiger partial charge >= 0.3 is 6.18 Å². The average Bonchev–Trinajstić information content (AvgIpc) is 3.31. The molecule has 40 heavy (non-hydrogen) atoms. The van der Waals surface area contributed by atoms with Gasteiger partial charge in [0.2, 0.25) is 0 Å². The van der Waals surface area contributed by atoms with Crippen LogP contribution in [0.2, 0.25) is 15.1 Å². The fourth-order valence-corrected chi connectivity index (χ4v) is 5.70. The Hall–Kier alpha value is -2.86. The van der Waals surface area contributed by atoms with Crippen molar-refractivity contribution in [1.29, 1.82) is 0 Å². The molecule has 0 spiro atoms. The minimum absolute atomic E-state index is 0.0949. The number of hydrogen-bond donors (Lipinski definition) is 3. The van der Waals surface area contributed by atoms with Gasteiger partial charge in [-0.1, -0.05) is 40.9 Å².